The van der Waals surface area contributed by atoms with E-state index < -0.39 is 11.7 Å². The molecule has 1 N–H and O–H groups in total. The number of amides is 1. The minimum Gasteiger partial charge on any atom is -0.444 e. The predicted molar refractivity (Wildman–Crippen MR) is 184 cm³/mol. The van der Waals surface area contributed by atoms with Gasteiger partial charge in [0, 0.05) is 53.1 Å². The first-order chi connectivity index (χ1) is 22.9. The average Bonchev–Trinajstić information content (AvgIpc) is 3.91. The van der Waals surface area contributed by atoms with Gasteiger partial charge in [-0.25, -0.2) is 9.48 Å². The second-order valence-electron chi connectivity index (χ2n) is 15.3. The molecule has 1 aromatic carbocycles. The number of thiophene rings is 1. The van der Waals surface area contributed by atoms with Gasteiger partial charge in [-0.15, -0.1) is 11.3 Å². The van der Waals surface area contributed by atoms with Gasteiger partial charge in [-0.05, 0) is 99.1 Å². The van der Waals surface area contributed by atoms with Gasteiger partial charge in [-0.2, -0.15) is 10.4 Å². The lowest BCUT2D eigenvalue weighted by molar-refractivity contribution is 0.0174. The molecule has 3 fully saturated rings. The molecule has 5 heterocycles. The van der Waals surface area contributed by atoms with E-state index in [4.69, 9.17) is 9.72 Å². The molecule has 4 atom stereocenters. The van der Waals surface area contributed by atoms with Crippen molar-refractivity contribution in [2.75, 3.05) is 24.6 Å². The molecule has 2 saturated carbocycles. The SMILES string of the molecule is CC(C)(C)OC(=O)N1C[C@@H](N2C[C@@H]3C[C@@H]3c3cc(C#N)cc(-c4ccnc5cc(Cn6ncc(C7(C)CC7)cc6=O)sc45)c32)C[C@@H]1CO. The number of benzene rings is 1. The van der Waals surface area contributed by atoms with Crippen LogP contribution in [0.3, 0.4) is 0 Å². The zero-order valence-corrected chi connectivity index (χ0v) is 28.6. The maximum absolute atomic E-state index is 13.2. The number of hydrogen-bond donors (Lipinski definition) is 1. The number of carbonyl (C=O) groups excluding carboxylic acids is 1. The topological polar surface area (TPSA) is 125 Å². The minimum atomic E-state index is -0.635. The Labute approximate surface area is 283 Å². The smallest absolute Gasteiger partial charge is 0.410 e. The first-order valence-corrected chi connectivity index (χ1v) is 17.7. The summed E-state index contributed by atoms with van der Waals surface area (Å²) in [5, 5.41) is 25.0. The summed E-state index contributed by atoms with van der Waals surface area (Å²) in [5.74, 6) is 0.892. The molecule has 2 aliphatic carbocycles. The fourth-order valence-corrected chi connectivity index (χ4v) is 8.78. The van der Waals surface area contributed by atoms with Gasteiger partial charge in [0.15, 0.2) is 0 Å². The lowest BCUT2D eigenvalue weighted by atomic mass is 9.90. The lowest BCUT2D eigenvalue weighted by Gasteiger charge is -2.38. The largest absolute Gasteiger partial charge is 0.444 e. The molecule has 0 spiro atoms. The van der Waals surface area contributed by atoms with Crippen LogP contribution in [0.1, 0.15) is 80.9 Å². The summed E-state index contributed by atoms with van der Waals surface area (Å²) in [4.78, 5) is 36.0. The van der Waals surface area contributed by atoms with Gasteiger partial charge < -0.3 is 19.6 Å². The van der Waals surface area contributed by atoms with Gasteiger partial charge in [0.25, 0.3) is 5.56 Å². The fraction of sp³-hybridized carbons (Fsp3) is 0.486. The molecule has 1 saturated heterocycles. The van der Waals surface area contributed by atoms with Gasteiger partial charge in [0.05, 0.1) is 47.2 Å². The van der Waals surface area contributed by atoms with E-state index in [0.29, 0.717) is 36.9 Å². The predicted octanol–water partition coefficient (Wildman–Crippen LogP) is 5.79. The normalized spacial score (nSPS) is 23.8. The van der Waals surface area contributed by atoms with Gasteiger partial charge in [0.2, 0.25) is 0 Å². The van der Waals surface area contributed by atoms with E-state index in [1.54, 1.807) is 22.3 Å². The maximum atomic E-state index is 13.2. The average molecular weight is 665 g/mol. The highest BCUT2D eigenvalue weighted by atomic mass is 32.1. The number of nitrogens with zero attached hydrogens (tertiary/aromatic N) is 6. The lowest BCUT2D eigenvalue weighted by Crippen LogP contribution is -2.44. The van der Waals surface area contributed by atoms with Crippen molar-refractivity contribution < 1.29 is 14.6 Å². The number of anilines is 1. The van der Waals surface area contributed by atoms with Gasteiger partial charge >= 0.3 is 6.09 Å². The molecule has 4 aromatic rings. The van der Waals surface area contributed by atoms with Gasteiger partial charge in [-0.3, -0.25) is 9.78 Å². The summed E-state index contributed by atoms with van der Waals surface area (Å²) in [6.45, 7) is 9.26. The molecule has 11 heteroatoms. The van der Waals surface area contributed by atoms with Crippen LogP contribution in [-0.4, -0.2) is 68.2 Å². The van der Waals surface area contributed by atoms with Crippen LogP contribution in [0.2, 0.25) is 0 Å². The molecular weight excluding hydrogens is 625 g/mol. The number of aliphatic hydroxyl groups excluding tert-OH is 1. The Morgan fingerprint density at radius 3 is 2.69 bits per heavy atom. The highest BCUT2D eigenvalue weighted by molar-refractivity contribution is 7.19. The Morgan fingerprint density at radius 1 is 1.17 bits per heavy atom. The van der Waals surface area contributed by atoms with E-state index in [9.17, 15) is 20.0 Å². The van der Waals surface area contributed by atoms with Crippen molar-refractivity contribution in [1.29, 1.82) is 5.26 Å². The zero-order chi connectivity index (χ0) is 33.5. The number of hydrogen-bond acceptors (Lipinski definition) is 9. The van der Waals surface area contributed by atoms with Crippen molar-refractivity contribution in [3.05, 3.63) is 74.6 Å². The molecule has 8 rings (SSSR count). The van der Waals surface area contributed by atoms with Crippen LogP contribution in [0.15, 0.2) is 47.5 Å². The summed E-state index contributed by atoms with van der Waals surface area (Å²) in [5.41, 5.74) is 6.06. The van der Waals surface area contributed by atoms with Crippen molar-refractivity contribution >= 4 is 33.3 Å². The van der Waals surface area contributed by atoms with Crippen LogP contribution < -0.4 is 10.5 Å². The van der Waals surface area contributed by atoms with E-state index in [1.165, 1.54) is 10.2 Å². The Hall–Kier alpha value is -4.27. The number of carbonyl (C=O) groups is 1. The van der Waals surface area contributed by atoms with Crippen LogP contribution in [0.25, 0.3) is 21.3 Å². The van der Waals surface area contributed by atoms with Crippen LogP contribution in [0, 0.1) is 17.2 Å². The minimum absolute atomic E-state index is 0.0169. The van der Waals surface area contributed by atoms with E-state index in [2.05, 4.69) is 23.0 Å². The number of likely N-dealkylation sites (tertiary alicyclic amines) is 1. The summed E-state index contributed by atoms with van der Waals surface area (Å²) in [7, 11) is 0. The Kier molecular flexibility index (Phi) is 7.20. The number of pyridine rings is 1. The maximum Gasteiger partial charge on any atom is 0.410 e. The Morgan fingerprint density at radius 2 is 1.98 bits per heavy atom. The zero-order valence-electron chi connectivity index (χ0n) is 27.8. The quantitative estimate of drug-likeness (QED) is 0.275. The number of rotatable bonds is 6. The number of fused-ring (bicyclic) bond motifs is 4. The third kappa shape index (κ3) is 5.45. The Bertz CT molecular complexity index is 2050. The van der Waals surface area contributed by atoms with Crippen LogP contribution in [0.5, 0.6) is 0 Å². The molecule has 48 heavy (non-hydrogen) atoms. The molecule has 0 unspecified atom stereocenters. The number of ether oxygens (including phenoxy) is 1. The first kappa shape index (κ1) is 31.0. The first-order valence-electron chi connectivity index (χ1n) is 16.9. The van der Waals surface area contributed by atoms with Crippen molar-refractivity contribution in [1.82, 2.24) is 19.7 Å². The van der Waals surface area contributed by atoms with Crippen molar-refractivity contribution in [2.24, 2.45) is 5.92 Å². The standard InChI is InChI=1S/C37H40N6O4S/c1-36(2,3)47-35(46)42-18-24(13-25(42)20-44)41-17-22-11-28(22)30-10-21(15-38)9-29(33(30)41)27-5-8-39-31-14-26(48-34(27)31)19-43-32(45)12-23(16-40-43)37(4)6-7-37/h5,8-10,12,14,16,22,24-25,28,44H,6-7,11,13,17-20H2,1-4H3/t22-,24-,25+,28-/m0/s1. The third-order valence-electron chi connectivity index (χ3n) is 10.6. The molecule has 0 bridgehead atoms. The second-order valence-corrected chi connectivity index (χ2v) is 16.4. The van der Waals surface area contributed by atoms with Crippen molar-refractivity contribution in [3.63, 3.8) is 0 Å². The van der Waals surface area contributed by atoms with E-state index in [0.717, 1.165) is 63.3 Å². The summed E-state index contributed by atoms with van der Waals surface area (Å²) >= 11 is 1.60. The molecular formula is C37H40N6O4S. The summed E-state index contributed by atoms with van der Waals surface area (Å²) in [6.07, 6.45) is 7.10. The van der Waals surface area contributed by atoms with Crippen molar-refractivity contribution in [3.8, 4) is 17.2 Å². The summed E-state index contributed by atoms with van der Waals surface area (Å²) in [6, 6.07) is 11.9. The van der Waals surface area contributed by atoms with Crippen LogP contribution >= 0.6 is 11.3 Å². The van der Waals surface area contributed by atoms with E-state index in [-0.39, 0.29) is 29.7 Å². The van der Waals surface area contributed by atoms with Gasteiger partial charge in [0.1, 0.15) is 5.60 Å². The van der Waals surface area contributed by atoms with Crippen LogP contribution in [0.4, 0.5) is 10.5 Å². The highest BCUT2D eigenvalue weighted by Crippen LogP contribution is 2.58. The number of aromatic nitrogens is 3. The Balaban J connectivity index is 1.17. The monoisotopic (exact) mass is 664 g/mol. The molecule has 1 amide bonds. The fourth-order valence-electron chi connectivity index (χ4n) is 7.65. The van der Waals surface area contributed by atoms with E-state index >= 15 is 0 Å². The number of nitriles is 1. The molecule has 10 nitrogen and oxygen atoms in total. The second kappa shape index (κ2) is 11.1. The van der Waals surface area contributed by atoms with Crippen molar-refractivity contribution in [2.45, 2.75) is 88.9 Å². The highest BCUT2D eigenvalue weighted by Gasteiger charge is 2.50. The summed E-state index contributed by atoms with van der Waals surface area (Å²) < 4.78 is 8.23. The third-order valence-corrected chi connectivity index (χ3v) is 11.7. The molecule has 4 aliphatic rings. The molecule has 248 valence electrons. The number of aliphatic hydroxyl groups is 1. The molecule has 2 aliphatic heterocycles. The molecule has 3 aromatic heterocycles. The van der Waals surface area contributed by atoms with Gasteiger partial charge in [-0.1, -0.05) is 6.92 Å². The van der Waals surface area contributed by atoms with E-state index in [1.807, 2.05) is 57.4 Å². The van der Waals surface area contributed by atoms with Crippen LogP contribution in [-0.2, 0) is 16.7 Å². The molecule has 0 radical (unpaired) electrons.